The van der Waals surface area contributed by atoms with E-state index >= 15 is 0 Å². The number of carbonyl (C=O) groups is 3. The molecule has 0 aliphatic carbocycles. The van der Waals surface area contributed by atoms with Gasteiger partial charge in [-0.15, -0.1) is 11.8 Å². The molecule has 2 fully saturated rings. The number of nitrogens with one attached hydrogen (secondary N) is 1. The number of nitrogens with zero attached hydrogens (tertiary/aromatic N) is 1. The van der Waals surface area contributed by atoms with Crippen LogP contribution in [0.25, 0.3) is 0 Å². The Bertz CT molecular complexity index is 739. The molecule has 9 heteroatoms. The van der Waals surface area contributed by atoms with E-state index in [4.69, 9.17) is 5.73 Å². The van der Waals surface area contributed by atoms with Crippen LogP contribution in [0.3, 0.4) is 0 Å². The topological polar surface area (TPSA) is 113 Å². The van der Waals surface area contributed by atoms with Crippen LogP contribution in [0.15, 0.2) is 24.3 Å². The number of halogens is 1. The predicted octanol–water partition coefficient (Wildman–Crippen LogP) is 0.457. The first-order valence-electron chi connectivity index (χ1n) is 7.67. The number of carbonyl (C=O) groups excluding carboxylic acids is 2. The number of benzene rings is 1. The molecule has 1 aromatic rings. The maximum absolute atomic E-state index is 13.0. The number of amides is 2. The Hall–Kier alpha value is -2.13. The van der Waals surface area contributed by atoms with Gasteiger partial charge in [0.15, 0.2) is 0 Å². The van der Waals surface area contributed by atoms with Crippen molar-refractivity contribution in [2.45, 2.75) is 42.1 Å². The molecular weight excluding hydrogens is 349 g/mol. The van der Waals surface area contributed by atoms with Gasteiger partial charge in [-0.3, -0.25) is 9.59 Å². The van der Waals surface area contributed by atoms with Gasteiger partial charge in [0.25, 0.3) is 0 Å². The summed E-state index contributed by atoms with van der Waals surface area (Å²) in [5.41, 5.74) is 6.29. The number of hydrogen-bond donors (Lipinski definition) is 3. The highest BCUT2D eigenvalue weighted by molar-refractivity contribution is 8.01. The van der Waals surface area contributed by atoms with Gasteiger partial charge in [0.05, 0.1) is 0 Å². The molecule has 0 saturated carbocycles. The van der Waals surface area contributed by atoms with Crippen LogP contribution in [0.5, 0.6) is 0 Å². The molecule has 2 aliphatic rings. The van der Waals surface area contributed by atoms with Crippen molar-refractivity contribution in [3.8, 4) is 0 Å². The summed E-state index contributed by atoms with van der Waals surface area (Å²) < 4.78 is 12.3. The zero-order valence-electron chi connectivity index (χ0n) is 13.6. The van der Waals surface area contributed by atoms with Crippen molar-refractivity contribution < 1.29 is 23.9 Å². The molecule has 0 aromatic heterocycles. The van der Waals surface area contributed by atoms with Gasteiger partial charge in [-0.05, 0) is 31.5 Å². The van der Waals surface area contributed by atoms with E-state index < -0.39 is 51.8 Å². The van der Waals surface area contributed by atoms with Gasteiger partial charge in [-0.2, -0.15) is 0 Å². The normalized spacial score (nSPS) is 28.1. The van der Waals surface area contributed by atoms with Gasteiger partial charge in [0, 0.05) is 4.75 Å². The Balaban J connectivity index is 1.70. The molecule has 0 radical (unpaired) electrons. The molecule has 0 bridgehead atoms. The lowest BCUT2D eigenvalue weighted by Gasteiger charge is -2.43. The zero-order chi connectivity index (χ0) is 18.5. The molecule has 2 heterocycles. The van der Waals surface area contributed by atoms with Crippen LogP contribution in [0.1, 0.15) is 25.5 Å². The number of rotatable bonds is 4. The molecule has 2 amide bonds. The van der Waals surface area contributed by atoms with E-state index in [2.05, 4.69) is 5.32 Å². The van der Waals surface area contributed by atoms with Crippen LogP contribution in [0, 0.1) is 5.82 Å². The second-order valence-corrected chi connectivity index (χ2v) is 8.38. The van der Waals surface area contributed by atoms with E-state index in [1.54, 1.807) is 13.8 Å². The standard InChI is InChI=1S/C16H18FN3O4S/c1-16(2)11(15(23)24)20-13(22)10(14(20)25-16)19-12(21)9(18)7-3-5-8(17)6-4-7/h3-6,9-11,14H,18H2,1-2H3,(H,19,21)(H,23,24). The highest BCUT2D eigenvalue weighted by Crippen LogP contribution is 2.50. The Morgan fingerprint density at radius 1 is 1.36 bits per heavy atom. The highest BCUT2D eigenvalue weighted by Gasteiger charge is 2.64. The lowest BCUT2D eigenvalue weighted by molar-refractivity contribution is -0.161. The number of fused-ring (bicyclic) bond motifs is 1. The van der Waals surface area contributed by atoms with Crippen molar-refractivity contribution in [1.82, 2.24) is 10.2 Å². The minimum Gasteiger partial charge on any atom is -0.480 e. The summed E-state index contributed by atoms with van der Waals surface area (Å²) >= 11 is 1.34. The third-order valence-electron chi connectivity index (χ3n) is 4.48. The molecule has 0 spiro atoms. The van der Waals surface area contributed by atoms with Gasteiger partial charge in [0.2, 0.25) is 11.8 Å². The SMILES string of the molecule is CC1(C)SC2C(NC(=O)C(N)c3ccc(F)cc3)C(=O)N2C1C(=O)O. The summed E-state index contributed by atoms with van der Waals surface area (Å²) in [6.45, 7) is 3.51. The monoisotopic (exact) mass is 367 g/mol. The van der Waals surface area contributed by atoms with Crippen LogP contribution in [0.2, 0.25) is 0 Å². The number of carboxylic acids is 1. The number of carboxylic acid groups (broad SMARTS) is 1. The molecule has 25 heavy (non-hydrogen) atoms. The number of nitrogens with two attached hydrogens (primary N) is 1. The molecule has 4 unspecified atom stereocenters. The fourth-order valence-corrected chi connectivity index (χ4v) is 4.84. The molecular formula is C16H18FN3O4S. The predicted molar refractivity (Wildman–Crippen MR) is 89.0 cm³/mol. The van der Waals surface area contributed by atoms with Crippen molar-refractivity contribution in [3.63, 3.8) is 0 Å². The van der Waals surface area contributed by atoms with Gasteiger partial charge >= 0.3 is 5.97 Å². The molecule has 4 N–H and O–H groups in total. The van der Waals surface area contributed by atoms with Crippen LogP contribution in [0.4, 0.5) is 4.39 Å². The summed E-state index contributed by atoms with van der Waals surface area (Å²) in [6, 6.07) is 2.42. The lowest BCUT2D eigenvalue weighted by Crippen LogP contribution is -2.71. The average molecular weight is 367 g/mol. The maximum Gasteiger partial charge on any atom is 0.327 e. The number of β-lactam (4-membered cyclic amide) rings is 1. The first-order valence-corrected chi connectivity index (χ1v) is 8.55. The Morgan fingerprint density at radius 3 is 2.52 bits per heavy atom. The molecule has 134 valence electrons. The molecule has 4 atom stereocenters. The first-order chi connectivity index (χ1) is 11.6. The van der Waals surface area contributed by atoms with E-state index in [9.17, 15) is 23.9 Å². The molecule has 2 saturated heterocycles. The molecule has 2 aliphatic heterocycles. The summed E-state index contributed by atoms with van der Waals surface area (Å²) in [6.07, 6.45) is 0. The number of thioether (sulfide) groups is 1. The van der Waals surface area contributed by atoms with Crippen LogP contribution in [-0.2, 0) is 14.4 Å². The van der Waals surface area contributed by atoms with Gasteiger partial charge in [0.1, 0.15) is 29.3 Å². The van der Waals surface area contributed by atoms with E-state index in [0.29, 0.717) is 5.56 Å². The van der Waals surface area contributed by atoms with Crippen molar-refractivity contribution in [2.75, 3.05) is 0 Å². The van der Waals surface area contributed by atoms with Crippen LogP contribution < -0.4 is 11.1 Å². The molecule has 7 nitrogen and oxygen atoms in total. The van der Waals surface area contributed by atoms with Gasteiger partial charge in [-0.1, -0.05) is 12.1 Å². The van der Waals surface area contributed by atoms with Gasteiger partial charge in [-0.25, -0.2) is 9.18 Å². The summed E-state index contributed by atoms with van der Waals surface area (Å²) in [4.78, 5) is 37.4. The molecule has 1 aromatic carbocycles. The highest BCUT2D eigenvalue weighted by atomic mass is 32.2. The summed E-state index contributed by atoms with van der Waals surface area (Å²) in [5.74, 6) is -2.51. The van der Waals surface area contributed by atoms with Crippen molar-refractivity contribution in [2.24, 2.45) is 5.73 Å². The first kappa shape index (κ1) is 17.7. The second-order valence-electron chi connectivity index (χ2n) is 6.61. The van der Waals surface area contributed by atoms with Gasteiger partial charge < -0.3 is 21.1 Å². The smallest absolute Gasteiger partial charge is 0.327 e. The fourth-order valence-electron chi connectivity index (χ4n) is 3.21. The quantitative estimate of drug-likeness (QED) is 0.667. The van der Waals surface area contributed by atoms with E-state index in [-0.39, 0.29) is 0 Å². The van der Waals surface area contributed by atoms with E-state index in [1.165, 1.54) is 40.9 Å². The maximum atomic E-state index is 13.0. The summed E-state index contributed by atoms with van der Waals surface area (Å²) in [7, 11) is 0. The third-order valence-corrected chi connectivity index (χ3v) is 6.06. The van der Waals surface area contributed by atoms with Crippen molar-refractivity contribution >= 4 is 29.5 Å². The van der Waals surface area contributed by atoms with Crippen LogP contribution >= 0.6 is 11.8 Å². The Morgan fingerprint density at radius 2 is 1.96 bits per heavy atom. The largest absolute Gasteiger partial charge is 0.480 e. The lowest BCUT2D eigenvalue weighted by atomic mass is 9.95. The van der Waals surface area contributed by atoms with Crippen molar-refractivity contribution in [3.05, 3.63) is 35.6 Å². The third kappa shape index (κ3) is 2.87. The van der Waals surface area contributed by atoms with E-state index in [1.807, 2.05) is 0 Å². The van der Waals surface area contributed by atoms with Crippen LogP contribution in [-0.4, -0.2) is 50.0 Å². The Kier molecular flexibility index (Phi) is 4.24. The zero-order valence-corrected chi connectivity index (χ0v) is 14.4. The molecule has 3 rings (SSSR count). The minimum absolute atomic E-state index is 0.422. The minimum atomic E-state index is -1.07. The Labute approximate surface area is 147 Å². The van der Waals surface area contributed by atoms with E-state index in [0.717, 1.165) is 0 Å². The second kappa shape index (κ2) is 5.99. The summed E-state index contributed by atoms with van der Waals surface area (Å²) in [5, 5.41) is 11.5. The number of hydrogen-bond acceptors (Lipinski definition) is 5. The van der Waals surface area contributed by atoms with Crippen molar-refractivity contribution in [1.29, 1.82) is 0 Å². The average Bonchev–Trinajstić information content (AvgIpc) is 2.80. The fraction of sp³-hybridized carbons (Fsp3) is 0.438. The number of aliphatic carboxylic acids is 1.